The second-order valence-electron chi connectivity index (χ2n) is 4.69. The Morgan fingerprint density at radius 3 is 3.06 bits per heavy atom. The Hall–Kier alpha value is -1.35. The lowest BCUT2D eigenvalue weighted by Crippen LogP contribution is -2.40. The van der Waals surface area contributed by atoms with Gasteiger partial charge in [0.15, 0.2) is 5.78 Å². The van der Waals surface area contributed by atoms with Crippen LogP contribution in [0.5, 0.6) is 5.75 Å². The van der Waals surface area contributed by atoms with E-state index in [0.717, 1.165) is 23.3 Å². The molecular formula is C13H15NO2. The van der Waals surface area contributed by atoms with E-state index in [1.165, 1.54) is 0 Å². The Labute approximate surface area is 94.8 Å². The van der Waals surface area contributed by atoms with Gasteiger partial charge in [0.2, 0.25) is 0 Å². The zero-order valence-corrected chi connectivity index (χ0v) is 9.54. The molecule has 0 saturated carbocycles. The molecule has 0 amide bonds. The predicted molar refractivity (Wildman–Crippen MR) is 61.0 cm³/mol. The number of nitrogens with one attached hydrogen (secondary N) is 1. The number of fused-ring (bicyclic) bond motifs is 1. The Kier molecular flexibility index (Phi) is 1.89. The molecule has 2 aliphatic rings. The molecule has 1 saturated heterocycles. The van der Waals surface area contributed by atoms with E-state index in [0.29, 0.717) is 6.61 Å². The standard InChI is InChI=1S/C13H15NO2/c1-3-11-13(14-11)7-16-10-5-4-8(2)6-9(10)12(13)15/h4-6,11,14H,3,7H2,1-2H3/t11-,13+/m0/s1. The highest BCUT2D eigenvalue weighted by atomic mass is 16.5. The van der Waals surface area contributed by atoms with E-state index in [4.69, 9.17) is 4.74 Å². The zero-order chi connectivity index (χ0) is 11.3. The quantitative estimate of drug-likeness (QED) is 0.728. The minimum atomic E-state index is -0.421. The van der Waals surface area contributed by atoms with Crippen LogP contribution in [0, 0.1) is 6.92 Å². The fraction of sp³-hybridized carbons (Fsp3) is 0.462. The number of ketones is 1. The summed E-state index contributed by atoms with van der Waals surface area (Å²) in [5, 5.41) is 3.27. The molecule has 3 nitrogen and oxygen atoms in total. The summed E-state index contributed by atoms with van der Waals surface area (Å²) in [6.45, 7) is 4.55. The van der Waals surface area contributed by atoms with E-state index in [1.807, 2.05) is 25.1 Å². The molecule has 1 spiro atoms. The molecule has 16 heavy (non-hydrogen) atoms. The molecule has 0 aliphatic carbocycles. The number of aryl methyl sites for hydroxylation is 1. The van der Waals surface area contributed by atoms with Gasteiger partial charge in [0, 0.05) is 6.04 Å². The van der Waals surface area contributed by atoms with Gasteiger partial charge in [-0.1, -0.05) is 18.6 Å². The fourth-order valence-electron chi connectivity index (χ4n) is 2.53. The Balaban J connectivity index is 2.02. The number of carbonyl (C=O) groups is 1. The van der Waals surface area contributed by atoms with Crippen LogP contribution in [0.1, 0.15) is 29.3 Å². The number of benzene rings is 1. The maximum absolute atomic E-state index is 12.4. The minimum Gasteiger partial charge on any atom is -0.490 e. The summed E-state index contributed by atoms with van der Waals surface area (Å²) in [5.41, 5.74) is 1.41. The molecule has 2 heterocycles. The fourth-order valence-corrected chi connectivity index (χ4v) is 2.53. The third kappa shape index (κ3) is 1.15. The van der Waals surface area contributed by atoms with Gasteiger partial charge in [0.25, 0.3) is 0 Å². The molecule has 1 fully saturated rings. The van der Waals surface area contributed by atoms with Gasteiger partial charge < -0.3 is 4.74 Å². The molecule has 0 bridgehead atoms. The molecule has 1 N–H and O–H groups in total. The van der Waals surface area contributed by atoms with Crippen LogP contribution in [-0.4, -0.2) is 24.0 Å². The largest absolute Gasteiger partial charge is 0.490 e. The van der Waals surface area contributed by atoms with E-state index >= 15 is 0 Å². The molecule has 2 atom stereocenters. The van der Waals surface area contributed by atoms with Crippen LogP contribution in [0.4, 0.5) is 0 Å². The Morgan fingerprint density at radius 2 is 2.38 bits per heavy atom. The van der Waals surface area contributed by atoms with Crippen LogP contribution in [0.25, 0.3) is 0 Å². The Bertz CT molecular complexity index is 469. The first kappa shape index (κ1) is 9.85. The summed E-state index contributed by atoms with van der Waals surface area (Å²) < 4.78 is 5.68. The number of Topliss-reactive ketones (excluding diaryl/α,β-unsaturated/α-hetero) is 1. The number of hydrogen-bond acceptors (Lipinski definition) is 3. The normalized spacial score (nSPS) is 31.1. The van der Waals surface area contributed by atoms with Gasteiger partial charge in [-0.2, -0.15) is 0 Å². The third-order valence-corrected chi connectivity index (χ3v) is 3.59. The van der Waals surface area contributed by atoms with Gasteiger partial charge in [-0.25, -0.2) is 0 Å². The van der Waals surface area contributed by atoms with Gasteiger partial charge in [0.1, 0.15) is 17.9 Å². The summed E-state index contributed by atoms with van der Waals surface area (Å²) in [5.74, 6) is 0.925. The van der Waals surface area contributed by atoms with Crippen LogP contribution < -0.4 is 10.1 Å². The number of rotatable bonds is 1. The minimum absolute atomic E-state index is 0.198. The number of hydrogen-bond donors (Lipinski definition) is 1. The summed E-state index contributed by atoms with van der Waals surface area (Å²) in [4.78, 5) is 12.4. The van der Waals surface area contributed by atoms with E-state index < -0.39 is 5.54 Å². The SMILES string of the molecule is CC[C@@H]1N[C@]12COc1ccc(C)cc1C2=O. The lowest BCUT2D eigenvalue weighted by Gasteiger charge is -2.23. The predicted octanol–water partition coefficient (Wildman–Crippen LogP) is 1.69. The van der Waals surface area contributed by atoms with E-state index in [-0.39, 0.29) is 11.8 Å². The van der Waals surface area contributed by atoms with Crippen molar-refractivity contribution >= 4 is 5.78 Å². The summed E-state index contributed by atoms with van der Waals surface area (Å²) in [7, 11) is 0. The van der Waals surface area contributed by atoms with Crippen molar-refractivity contribution < 1.29 is 9.53 Å². The van der Waals surface area contributed by atoms with E-state index in [9.17, 15) is 4.79 Å². The van der Waals surface area contributed by atoms with Crippen LogP contribution in [-0.2, 0) is 0 Å². The maximum Gasteiger partial charge on any atom is 0.191 e. The summed E-state index contributed by atoms with van der Waals surface area (Å²) >= 11 is 0. The highest BCUT2D eigenvalue weighted by Crippen LogP contribution is 2.39. The van der Waals surface area contributed by atoms with Gasteiger partial charge >= 0.3 is 0 Å². The number of ether oxygens (including phenoxy) is 1. The average molecular weight is 217 g/mol. The first-order valence-electron chi connectivity index (χ1n) is 5.73. The van der Waals surface area contributed by atoms with Gasteiger partial charge in [-0.15, -0.1) is 0 Å². The highest BCUT2D eigenvalue weighted by molar-refractivity contribution is 6.09. The lowest BCUT2D eigenvalue weighted by atomic mass is 9.90. The van der Waals surface area contributed by atoms with Crippen LogP contribution >= 0.6 is 0 Å². The molecule has 3 heteroatoms. The van der Waals surface area contributed by atoms with Crippen LogP contribution in [0.2, 0.25) is 0 Å². The molecule has 0 radical (unpaired) electrons. The highest BCUT2D eigenvalue weighted by Gasteiger charge is 2.61. The second-order valence-corrected chi connectivity index (χ2v) is 4.69. The van der Waals surface area contributed by atoms with Gasteiger partial charge in [-0.3, -0.25) is 10.1 Å². The average Bonchev–Trinajstić information content (AvgIpc) is 3.00. The monoisotopic (exact) mass is 217 g/mol. The molecule has 84 valence electrons. The third-order valence-electron chi connectivity index (χ3n) is 3.59. The molecule has 0 unspecified atom stereocenters. The van der Waals surface area contributed by atoms with Crippen molar-refractivity contribution in [3.63, 3.8) is 0 Å². The molecule has 3 rings (SSSR count). The molecule has 2 aliphatic heterocycles. The van der Waals surface area contributed by atoms with Crippen molar-refractivity contribution in [3.8, 4) is 5.75 Å². The summed E-state index contributed by atoms with van der Waals surface area (Å²) in [6, 6.07) is 6.07. The zero-order valence-electron chi connectivity index (χ0n) is 9.54. The van der Waals surface area contributed by atoms with Gasteiger partial charge in [-0.05, 0) is 25.5 Å². The first-order chi connectivity index (χ1) is 7.67. The summed E-state index contributed by atoms with van der Waals surface area (Å²) in [6.07, 6.45) is 0.969. The lowest BCUT2D eigenvalue weighted by molar-refractivity contribution is 0.0864. The molecular weight excluding hydrogens is 202 g/mol. The number of carbonyl (C=O) groups excluding carboxylic acids is 1. The van der Waals surface area contributed by atoms with E-state index in [2.05, 4.69) is 12.2 Å². The van der Waals surface area contributed by atoms with Gasteiger partial charge in [0.05, 0.1) is 5.56 Å². The molecule has 1 aromatic carbocycles. The van der Waals surface area contributed by atoms with Crippen molar-refractivity contribution in [1.82, 2.24) is 5.32 Å². The molecule has 1 aromatic rings. The Morgan fingerprint density at radius 1 is 1.56 bits per heavy atom. The second kappa shape index (κ2) is 3.08. The van der Waals surface area contributed by atoms with Crippen molar-refractivity contribution in [2.24, 2.45) is 0 Å². The van der Waals surface area contributed by atoms with Crippen molar-refractivity contribution in [1.29, 1.82) is 0 Å². The van der Waals surface area contributed by atoms with Crippen molar-refractivity contribution in [3.05, 3.63) is 29.3 Å². The van der Waals surface area contributed by atoms with Crippen molar-refractivity contribution in [2.75, 3.05) is 6.61 Å². The topological polar surface area (TPSA) is 48.2 Å². The first-order valence-corrected chi connectivity index (χ1v) is 5.73. The maximum atomic E-state index is 12.4. The smallest absolute Gasteiger partial charge is 0.191 e. The molecule has 0 aromatic heterocycles. The van der Waals surface area contributed by atoms with E-state index in [1.54, 1.807) is 0 Å². The van der Waals surface area contributed by atoms with Crippen LogP contribution in [0.15, 0.2) is 18.2 Å². The van der Waals surface area contributed by atoms with Crippen molar-refractivity contribution in [2.45, 2.75) is 31.8 Å². The van der Waals surface area contributed by atoms with Crippen LogP contribution in [0.3, 0.4) is 0 Å².